The van der Waals surface area contributed by atoms with Crippen molar-refractivity contribution in [2.75, 3.05) is 19.6 Å². The van der Waals surface area contributed by atoms with Crippen molar-refractivity contribution >= 4 is 0 Å². The zero-order valence-electron chi connectivity index (χ0n) is 11.5. The van der Waals surface area contributed by atoms with Gasteiger partial charge < -0.3 is 20.9 Å². The van der Waals surface area contributed by atoms with Crippen LogP contribution in [0.1, 0.15) is 39.5 Å². The van der Waals surface area contributed by atoms with Gasteiger partial charge in [0.15, 0.2) is 0 Å². The number of nitrogens with one attached hydrogen (secondary N) is 1. The fourth-order valence-electron chi connectivity index (χ4n) is 4.70. The maximum atomic E-state index is 11.5. The van der Waals surface area contributed by atoms with Crippen molar-refractivity contribution in [1.82, 2.24) is 5.32 Å². The van der Waals surface area contributed by atoms with E-state index in [0.717, 1.165) is 38.8 Å². The molecule has 3 heterocycles. The summed E-state index contributed by atoms with van der Waals surface area (Å²) in [7, 11) is 0. The molecule has 3 fully saturated rings. The number of ether oxygens (including phenoxy) is 1. The van der Waals surface area contributed by atoms with E-state index in [9.17, 15) is 5.11 Å². The number of fused-ring (bicyclic) bond motifs is 2. The molecule has 0 spiro atoms. The van der Waals surface area contributed by atoms with E-state index in [0.29, 0.717) is 12.6 Å². The minimum atomic E-state index is -0.708. The minimum absolute atomic E-state index is 0.154. The molecule has 0 saturated carbocycles. The number of piperidine rings is 1. The van der Waals surface area contributed by atoms with Crippen molar-refractivity contribution < 1.29 is 9.84 Å². The Kier molecular flexibility index (Phi) is 2.80. The van der Waals surface area contributed by atoms with Gasteiger partial charge in [-0.05, 0) is 32.2 Å². The smallest absolute Gasteiger partial charge is 0.0816 e. The van der Waals surface area contributed by atoms with Crippen molar-refractivity contribution in [3.63, 3.8) is 0 Å². The van der Waals surface area contributed by atoms with E-state index in [1.807, 2.05) is 0 Å². The van der Waals surface area contributed by atoms with Crippen LogP contribution in [0.2, 0.25) is 0 Å². The van der Waals surface area contributed by atoms with E-state index < -0.39 is 5.60 Å². The zero-order chi connectivity index (χ0) is 13.0. The van der Waals surface area contributed by atoms with Gasteiger partial charge in [-0.2, -0.15) is 0 Å². The van der Waals surface area contributed by atoms with Crippen LogP contribution in [0.25, 0.3) is 0 Å². The Morgan fingerprint density at radius 3 is 2.67 bits per heavy atom. The topological polar surface area (TPSA) is 67.5 Å². The number of rotatable bonds is 2. The first-order valence-electron chi connectivity index (χ1n) is 7.24. The van der Waals surface area contributed by atoms with E-state index in [2.05, 4.69) is 19.2 Å². The lowest BCUT2D eigenvalue weighted by Crippen LogP contribution is -2.69. The Bertz CT molecular complexity index is 347. The van der Waals surface area contributed by atoms with Crippen LogP contribution in [-0.2, 0) is 4.74 Å². The van der Waals surface area contributed by atoms with Gasteiger partial charge >= 0.3 is 0 Å². The summed E-state index contributed by atoms with van der Waals surface area (Å²) in [6, 6.07) is 0. The van der Waals surface area contributed by atoms with Gasteiger partial charge in [0.25, 0.3) is 0 Å². The molecule has 3 aliphatic heterocycles. The molecule has 3 aliphatic rings. The van der Waals surface area contributed by atoms with Crippen LogP contribution < -0.4 is 11.1 Å². The fraction of sp³-hybridized carbons (Fsp3) is 1.00. The molecule has 0 aromatic rings. The fourth-order valence-corrected chi connectivity index (χ4v) is 4.70. The highest BCUT2D eigenvalue weighted by molar-refractivity contribution is 5.17. The van der Waals surface area contributed by atoms with Crippen molar-refractivity contribution in [2.24, 2.45) is 16.6 Å². The number of hydrogen-bond acceptors (Lipinski definition) is 4. The van der Waals surface area contributed by atoms with Gasteiger partial charge in [0.1, 0.15) is 0 Å². The van der Waals surface area contributed by atoms with E-state index in [-0.39, 0.29) is 16.9 Å². The molecule has 2 bridgehead atoms. The Morgan fingerprint density at radius 2 is 2.17 bits per heavy atom. The second-order valence-electron chi connectivity index (χ2n) is 7.06. The Labute approximate surface area is 109 Å². The molecule has 18 heavy (non-hydrogen) atoms. The molecular weight excluding hydrogens is 228 g/mol. The maximum absolute atomic E-state index is 11.5. The summed E-state index contributed by atoms with van der Waals surface area (Å²) in [5, 5.41) is 14.9. The first-order chi connectivity index (χ1) is 8.45. The SMILES string of the molecule is CC1(C)CNCCC1(O)C1(CN)CC2CCC1O2. The molecule has 4 atom stereocenters. The lowest BCUT2D eigenvalue weighted by atomic mass is 9.52. The largest absolute Gasteiger partial charge is 0.388 e. The van der Waals surface area contributed by atoms with E-state index in [1.54, 1.807) is 0 Å². The summed E-state index contributed by atoms with van der Waals surface area (Å²) in [4.78, 5) is 0. The standard InChI is InChI=1S/C14H26N2O2/c1-12(2)9-16-6-5-14(12,17)13(8-15)7-10-3-4-11(13)18-10/h10-11,16-17H,3-9,15H2,1-2H3. The summed E-state index contributed by atoms with van der Waals surface area (Å²) < 4.78 is 6.03. The van der Waals surface area contributed by atoms with Crippen LogP contribution in [0.4, 0.5) is 0 Å². The summed E-state index contributed by atoms with van der Waals surface area (Å²) in [5.41, 5.74) is 5.03. The molecule has 4 unspecified atom stereocenters. The van der Waals surface area contributed by atoms with E-state index in [1.165, 1.54) is 0 Å². The zero-order valence-corrected chi connectivity index (χ0v) is 11.5. The predicted molar refractivity (Wildman–Crippen MR) is 70.2 cm³/mol. The second-order valence-corrected chi connectivity index (χ2v) is 7.06. The molecule has 3 saturated heterocycles. The number of aliphatic hydroxyl groups is 1. The second kappa shape index (κ2) is 3.92. The highest BCUT2D eigenvalue weighted by Crippen LogP contribution is 2.59. The van der Waals surface area contributed by atoms with Gasteiger partial charge in [0.05, 0.1) is 17.8 Å². The molecule has 4 heteroatoms. The van der Waals surface area contributed by atoms with E-state index >= 15 is 0 Å². The first-order valence-corrected chi connectivity index (χ1v) is 7.24. The molecule has 4 nitrogen and oxygen atoms in total. The molecule has 0 aromatic heterocycles. The van der Waals surface area contributed by atoms with Crippen LogP contribution in [0.15, 0.2) is 0 Å². The molecule has 0 aliphatic carbocycles. The Morgan fingerprint density at radius 1 is 1.39 bits per heavy atom. The molecule has 3 rings (SSSR count). The molecule has 0 amide bonds. The number of hydrogen-bond donors (Lipinski definition) is 3. The lowest BCUT2D eigenvalue weighted by molar-refractivity contribution is -0.191. The van der Waals surface area contributed by atoms with Gasteiger partial charge in [0.2, 0.25) is 0 Å². The van der Waals surface area contributed by atoms with Gasteiger partial charge in [0, 0.05) is 23.9 Å². The quantitative estimate of drug-likeness (QED) is 0.676. The van der Waals surface area contributed by atoms with Crippen molar-refractivity contribution in [3.05, 3.63) is 0 Å². The highest BCUT2D eigenvalue weighted by Gasteiger charge is 2.66. The summed E-state index contributed by atoms with van der Waals surface area (Å²) in [6.07, 6.45) is 4.41. The predicted octanol–water partition coefficient (Wildman–Crippen LogP) is 0.633. The minimum Gasteiger partial charge on any atom is -0.388 e. The Balaban J connectivity index is 2.00. The van der Waals surface area contributed by atoms with Gasteiger partial charge in [-0.15, -0.1) is 0 Å². The highest BCUT2D eigenvalue weighted by atomic mass is 16.5. The molecular formula is C14H26N2O2. The normalized spacial score (nSPS) is 50.7. The Hall–Kier alpha value is -0.160. The summed E-state index contributed by atoms with van der Waals surface area (Å²) in [5.74, 6) is 0. The summed E-state index contributed by atoms with van der Waals surface area (Å²) in [6.45, 7) is 6.57. The van der Waals surface area contributed by atoms with Crippen molar-refractivity contribution in [3.8, 4) is 0 Å². The average molecular weight is 254 g/mol. The van der Waals surface area contributed by atoms with Crippen LogP contribution in [0.3, 0.4) is 0 Å². The number of nitrogens with two attached hydrogens (primary N) is 1. The lowest BCUT2D eigenvalue weighted by Gasteiger charge is -2.58. The van der Waals surface area contributed by atoms with Gasteiger partial charge in [-0.25, -0.2) is 0 Å². The third-order valence-electron chi connectivity index (χ3n) is 5.85. The molecule has 0 radical (unpaired) electrons. The van der Waals surface area contributed by atoms with Crippen molar-refractivity contribution in [1.29, 1.82) is 0 Å². The average Bonchev–Trinajstić information content (AvgIpc) is 2.93. The first kappa shape index (κ1) is 12.9. The van der Waals surface area contributed by atoms with Crippen LogP contribution in [-0.4, -0.2) is 42.5 Å². The maximum Gasteiger partial charge on any atom is 0.0816 e. The molecule has 0 aromatic carbocycles. The molecule has 4 N–H and O–H groups in total. The van der Waals surface area contributed by atoms with Crippen LogP contribution in [0.5, 0.6) is 0 Å². The van der Waals surface area contributed by atoms with Crippen LogP contribution in [0, 0.1) is 10.8 Å². The third-order valence-corrected chi connectivity index (χ3v) is 5.85. The molecule has 104 valence electrons. The van der Waals surface area contributed by atoms with E-state index in [4.69, 9.17) is 10.5 Å². The summed E-state index contributed by atoms with van der Waals surface area (Å²) >= 11 is 0. The van der Waals surface area contributed by atoms with Crippen LogP contribution >= 0.6 is 0 Å². The third kappa shape index (κ3) is 1.40. The van der Waals surface area contributed by atoms with Gasteiger partial charge in [-0.1, -0.05) is 13.8 Å². The van der Waals surface area contributed by atoms with Gasteiger partial charge in [-0.3, -0.25) is 0 Å². The monoisotopic (exact) mass is 254 g/mol. The van der Waals surface area contributed by atoms with Crippen molar-refractivity contribution in [2.45, 2.75) is 57.3 Å².